The second kappa shape index (κ2) is 6.16. The van der Waals surface area contributed by atoms with Crippen LogP contribution in [0.1, 0.15) is 44.9 Å². The van der Waals surface area contributed by atoms with E-state index in [1.807, 2.05) is 0 Å². The zero-order valence-electron chi connectivity index (χ0n) is 10.5. The summed E-state index contributed by atoms with van der Waals surface area (Å²) in [4.78, 5) is 0. The van der Waals surface area contributed by atoms with Crippen LogP contribution in [0.15, 0.2) is 0 Å². The second-order valence-electron chi connectivity index (χ2n) is 5.33. The third-order valence-electron chi connectivity index (χ3n) is 4.06. The van der Waals surface area contributed by atoms with Crippen LogP contribution < -0.4 is 10.0 Å². The molecule has 2 rings (SSSR count). The van der Waals surface area contributed by atoms with Crippen LogP contribution in [0.25, 0.3) is 0 Å². The van der Waals surface area contributed by atoms with Gasteiger partial charge in [-0.05, 0) is 51.1 Å². The molecule has 1 heterocycles. The minimum absolute atomic E-state index is 0.115. The molecule has 1 aliphatic carbocycles. The van der Waals surface area contributed by atoms with E-state index in [-0.39, 0.29) is 5.25 Å². The van der Waals surface area contributed by atoms with Crippen molar-refractivity contribution in [1.29, 1.82) is 0 Å². The van der Waals surface area contributed by atoms with Crippen molar-refractivity contribution < 1.29 is 8.42 Å². The maximum atomic E-state index is 12.0. The lowest BCUT2D eigenvalue weighted by Crippen LogP contribution is -2.35. The molecule has 1 saturated heterocycles. The molecular weight excluding hydrogens is 236 g/mol. The number of hydrogen-bond donors (Lipinski definition) is 2. The van der Waals surface area contributed by atoms with Crippen LogP contribution in [0.2, 0.25) is 0 Å². The van der Waals surface area contributed by atoms with Crippen molar-refractivity contribution in [3.63, 3.8) is 0 Å². The Balaban J connectivity index is 1.69. The van der Waals surface area contributed by atoms with Crippen molar-refractivity contribution in [2.75, 3.05) is 19.6 Å². The van der Waals surface area contributed by atoms with E-state index < -0.39 is 10.0 Å². The molecule has 2 aliphatic rings. The highest BCUT2D eigenvalue weighted by molar-refractivity contribution is 7.90. The first-order valence-electron chi connectivity index (χ1n) is 6.88. The molecule has 0 amide bonds. The van der Waals surface area contributed by atoms with E-state index in [4.69, 9.17) is 0 Å². The molecule has 0 unspecified atom stereocenters. The highest BCUT2D eigenvalue weighted by Crippen LogP contribution is 2.24. The summed E-state index contributed by atoms with van der Waals surface area (Å²) < 4.78 is 26.7. The van der Waals surface area contributed by atoms with E-state index in [0.717, 1.165) is 45.2 Å². The molecular formula is C12H24N2O2S. The molecule has 0 atom stereocenters. The fraction of sp³-hybridized carbons (Fsp3) is 1.00. The van der Waals surface area contributed by atoms with Gasteiger partial charge in [-0.3, -0.25) is 0 Å². The maximum Gasteiger partial charge on any atom is 0.214 e. The Kier molecular flexibility index (Phi) is 4.82. The van der Waals surface area contributed by atoms with Crippen molar-refractivity contribution in [1.82, 2.24) is 10.0 Å². The number of sulfonamides is 1. The zero-order chi connectivity index (χ0) is 12.1. The van der Waals surface area contributed by atoms with Crippen LogP contribution in [-0.2, 0) is 10.0 Å². The molecule has 1 aliphatic heterocycles. The van der Waals surface area contributed by atoms with Gasteiger partial charge in [0.05, 0.1) is 5.25 Å². The normalized spacial score (nSPS) is 24.2. The zero-order valence-corrected chi connectivity index (χ0v) is 11.3. The standard InChI is InChI=1S/C12H24N2O2S/c15-17(16,12-3-1-2-4-12)14-10-7-11-5-8-13-9-6-11/h11-14H,1-10H2. The molecule has 5 heteroatoms. The van der Waals surface area contributed by atoms with Gasteiger partial charge >= 0.3 is 0 Å². The van der Waals surface area contributed by atoms with E-state index in [1.54, 1.807) is 0 Å². The van der Waals surface area contributed by atoms with Gasteiger partial charge in [-0.1, -0.05) is 12.8 Å². The Labute approximate surface area is 105 Å². The Bertz CT molecular complexity index is 317. The molecule has 100 valence electrons. The Morgan fingerprint density at radius 1 is 1.06 bits per heavy atom. The minimum atomic E-state index is -3.03. The topological polar surface area (TPSA) is 58.2 Å². The lowest BCUT2D eigenvalue weighted by Gasteiger charge is -2.22. The first-order valence-corrected chi connectivity index (χ1v) is 8.42. The number of piperidine rings is 1. The van der Waals surface area contributed by atoms with Crippen LogP contribution in [0.5, 0.6) is 0 Å². The van der Waals surface area contributed by atoms with E-state index in [0.29, 0.717) is 12.5 Å². The van der Waals surface area contributed by atoms with Gasteiger partial charge in [-0.15, -0.1) is 0 Å². The van der Waals surface area contributed by atoms with Gasteiger partial charge in [0.15, 0.2) is 0 Å². The smallest absolute Gasteiger partial charge is 0.214 e. The van der Waals surface area contributed by atoms with Crippen LogP contribution >= 0.6 is 0 Å². The lowest BCUT2D eigenvalue weighted by atomic mass is 9.95. The summed E-state index contributed by atoms with van der Waals surface area (Å²) in [5.74, 6) is 0.697. The molecule has 4 nitrogen and oxygen atoms in total. The molecule has 0 aromatic rings. The van der Waals surface area contributed by atoms with Crippen LogP contribution in [0.4, 0.5) is 0 Å². The Morgan fingerprint density at radius 3 is 2.35 bits per heavy atom. The Morgan fingerprint density at radius 2 is 1.71 bits per heavy atom. The number of hydrogen-bond acceptors (Lipinski definition) is 3. The molecule has 17 heavy (non-hydrogen) atoms. The first-order chi connectivity index (χ1) is 8.18. The summed E-state index contributed by atoms with van der Waals surface area (Å²) in [5, 5.41) is 3.21. The fourth-order valence-corrected chi connectivity index (χ4v) is 4.48. The SMILES string of the molecule is O=S(=O)(NCCC1CCNCC1)C1CCCC1. The van der Waals surface area contributed by atoms with Gasteiger partial charge < -0.3 is 5.32 Å². The highest BCUT2D eigenvalue weighted by Gasteiger charge is 2.28. The van der Waals surface area contributed by atoms with Gasteiger partial charge in [0.25, 0.3) is 0 Å². The molecule has 2 N–H and O–H groups in total. The van der Waals surface area contributed by atoms with Crippen LogP contribution in [-0.4, -0.2) is 33.3 Å². The van der Waals surface area contributed by atoms with Crippen molar-refractivity contribution >= 4 is 10.0 Å². The summed E-state index contributed by atoms with van der Waals surface area (Å²) in [6, 6.07) is 0. The second-order valence-corrected chi connectivity index (χ2v) is 7.37. The lowest BCUT2D eigenvalue weighted by molar-refractivity contribution is 0.354. The van der Waals surface area contributed by atoms with E-state index >= 15 is 0 Å². The maximum absolute atomic E-state index is 12.0. The third kappa shape index (κ3) is 3.93. The average Bonchev–Trinajstić information content (AvgIpc) is 2.84. The summed E-state index contributed by atoms with van der Waals surface area (Å²) in [5.41, 5.74) is 0. The molecule has 0 aromatic heterocycles. The van der Waals surface area contributed by atoms with Gasteiger partial charge in [0, 0.05) is 6.54 Å². The first kappa shape index (κ1) is 13.3. The summed E-state index contributed by atoms with van der Waals surface area (Å²) in [6.45, 7) is 2.80. The minimum Gasteiger partial charge on any atom is -0.317 e. The van der Waals surface area contributed by atoms with Gasteiger partial charge in [-0.2, -0.15) is 0 Å². The van der Waals surface area contributed by atoms with Crippen molar-refractivity contribution in [3.8, 4) is 0 Å². The largest absolute Gasteiger partial charge is 0.317 e. The predicted octanol–water partition coefficient (Wildman–Crippen LogP) is 1.24. The van der Waals surface area contributed by atoms with Gasteiger partial charge in [0.2, 0.25) is 10.0 Å². The third-order valence-corrected chi connectivity index (χ3v) is 6.01. The summed E-state index contributed by atoms with van der Waals surface area (Å²) in [7, 11) is -3.03. The van der Waals surface area contributed by atoms with Crippen molar-refractivity contribution in [3.05, 3.63) is 0 Å². The van der Waals surface area contributed by atoms with E-state index in [1.165, 1.54) is 12.8 Å². The average molecular weight is 260 g/mol. The number of rotatable bonds is 5. The molecule has 0 radical (unpaired) electrons. The molecule has 2 fully saturated rings. The molecule has 0 aromatic carbocycles. The number of nitrogens with one attached hydrogen (secondary N) is 2. The molecule has 1 saturated carbocycles. The van der Waals surface area contributed by atoms with Crippen molar-refractivity contribution in [2.45, 2.75) is 50.2 Å². The van der Waals surface area contributed by atoms with Gasteiger partial charge in [0.1, 0.15) is 0 Å². The van der Waals surface area contributed by atoms with Gasteiger partial charge in [-0.25, -0.2) is 13.1 Å². The van der Waals surface area contributed by atoms with Crippen LogP contribution in [0, 0.1) is 5.92 Å². The molecule has 0 spiro atoms. The quantitative estimate of drug-likeness (QED) is 0.782. The summed E-state index contributed by atoms with van der Waals surface area (Å²) in [6.07, 6.45) is 7.20. The highest BCUT2D eigenvalue weighted by atomic mass is 32.2. The molecule has 0 bridgehead atoms. The van der Waals surface area contributed by atoms with Crippen molar-refractivity contribution in [2.24, 2.45) is 5.92 Å². The Hall–Kier alpha value is -0.130. The van der Waals surface area contributed by atoms with E-state index in [9.17, 15) is 8.42 Å². The summed E-state index contributed by atoms with van der Waals surface area (Å²) >= 11 is 0. The van der Waals surface area contributed by atoms with E-state index in [2.05, 4.69) is 10.0 Å². The monoisotopic (exact) mass is 260 g/mol. The van der Waals surface area contributed by atoms with Crippen LogP contribution in [0.3, 0.4) is 0 Å². The predicted molar refractivity (Wildman–Crippen MR) is 69.4 cm³/mol. The fourth-order valence-electron chi connectivity index (χ4n) is 2.89.